The zero-order chi connectivity index (χ0) is 18.2. The van der Waals surface area contributed by atoms with E-state index in [1.54, 1.807) is 0 Å². The van der Waals surface area contributed by atoms with Crippen LogP contribution in [-0.4, -0.2) is 35.0 Å². The molecule has 0 saturated heterocycles. The van der Waals surface area contributed by atoms with Crippen molar-refractivity contribution in [3.63, 3.8) is 0 Å². The van der Waals surface area contributed by atoms with Crippen LogP contribution in [0.1, 0.15) is 23.6 Å². The van der Waals surface area contributed by atoms with Gasteiger partial charge in [0.2, 0.25) is 0 Å². The first kappa shape index (κ1) is 18.7. The summed E-state index contributed by atoms with van der Waals surface area (Å²) in [6.07, 6.45) is 0.760. The molecule has 0 radical (unpaired) electrons. The number of para-hydroxylation sites is 1. The van der Waals surface area contributed by atoms with Crippen LogP contribution < -0.4 is 5.32 Å². The molecule has 132 valence electrons. The second-order valence-electron chi connectivity index (χ2n) is 5.85. The van der Waals surface area contributed by atoms with Gasteiger partial charge < -0.3 is 15.3 Å². The maximum absolute atomic E-state index is 12.6. The molecule has 0 unspecified atom stereocenters. The summed E-state index contributed by atoms with van der Waals surface area (Å²) in [5, 5.41) is 12.0. The smallest absolute Gasteiger partial charge is 0.313 e. The Hall–Kier alpha value is -2.66. The van der Waals surface area contributed by atoms with Gasteiger partial charge in [0, 0.05) is 18.8 Å². The molecule has 0 spiro atoms. The first-order valence-electron chi connectivity index (χ1n) is 8.40. The summed E-state index contributed by atoms with van der Waals surface area (Å²) >= 11 is 0. The highest BCUT2D eigenvalue weighted by atomic mass is 16.3. The quantitative estimate of drug-likeness (QED) is 0.794. The summed E-state index contributed by atoms with van der Waals surface area (Å²) < 4.78 is 0. The minimum atomic E-state index is -0.687. The Balaban J connectivity index is 2.15. The minimum absolute atomic E-state index is 0.107. The normalized spacial score (nSPS) is 10.4. The predicted octanol–water partition coefficient (Wildman–Crippen LogP) is 2.52. The first-order chi connectivity index (χ1) is 12.1. The van der Waals surface area contributed by atoms with Gasteiger partial charge in [-0.25, -0.2) is 0 Å². The number of carbonyl (C=O) groups is 2. The largest absolute Gasteiger partial charge is 0.395 e. The minimum Gasteiger partial charge on any atom is -0.395 e. The monoisotopic (exact) mass is 340 g/mol. The van der Waals surface area contributed by atoms with Crippen molar-refractivity contribution in [2.75, 3.05) is 18.5 Å². The maximum Gasteiger partial charge on any atom is 0.313 e. The Labute approximate surface area is 148 Å². The molecular weight excluding hydrogens is 316 g/mol. The van der Waals surface area contributed by atoms with Gasteiger partial charge in [-0.2, -0.15) is 0 Å². The Morgan fingerprint density at radius 3 is 2.44 bits per heavy atom. The summed E-state index contributed by atoms with van der Waals surface area (Å²) in [5.41, 5.74) is 3.49. The second kappa shape index (κ2) is 8.99. The van der Waals surface area contributed by atoms with Gasteiger partial charge in [0.25, 0.3) is 0 Å². The van der Waals surface area contributed by atoms with Gasteiger partial charge in [0.15, 0.2) is 0 Å². The number of nitrogens with zero attached hydrogens (tertiary/aromatic N) is 1. The van der Waals surface area contributed by atoms with Crippen molar-refractivity contribution in [2.24, 2.45) is 0 Å². The highest BCUT2D eigenvalue weighted by Gasteiger charge is 2.23. The number of aryl methyl sites for hydroxylation is 2. The molecule has 0 heterocycles. The summed E-state index contributed by atoms with van der Waals surface area (Å²) in [6, 6.07) is 15.2. The molecule has 0 aliphatic heterocycles. The van der Waals surface area contributed by atoms with E-state index in [4.69, 9.17) is 0 Å². The average molecular weight is 340 g/mol. The molecule has 0 bridgehead atoms. The van der Waals surface area contributed by atoms with Crippen molar-refractivity contribution in [2.45, 2.75) is 26.8 Å². The van der Waals surface area contributed by atoms with Crippen LogP contribution in [0, 0.1) is 6.92 Å². The van der Waals surface area contributed by atoms with E-state index in [2.05, 4.69) is 5.32 Å². The fourth-order valence-electron chi connectivity index (χ4n) is 2.69. The predicted molar refractivity (Wildman–Crippen MR) is 98.1 cm³/mol. The van der Waals surface area contributed by atoms with E-state index >= 15 is 0 Å². The Bertz CT molecular complexity index is 729. The van der Waals surface area contributed by atoms with Crippen molar-refractivity contribution in [1.29, 1.82) is 0 Å². The number of anilines is 1. The number of benzene rings is 2. The van der Waals surface area contributed by atoms with Crippen molar-refractivity contribution in [1.82, 2.24) is 4.90 Å². The second-order valence-corrected chi connectivity index (χ2v) is 5.85. The van der Waals surface area contributed by atoms with Crippen LogP contribution in [-0.2, 0) is 22.6 Å². The van der Waals surface area contributed by atoms with E-state index in [-0.39, 0.29) is 19.7 Å². The number of rotatable bonds is 6. The van der Waals surface area contributed by atoms with Gasteiger partial charge in [0.05, 0.1) is 6.61 Å². The first-order valence-corrected chi connectivity index (χ1v) is 8.40. The fourth-order valence-corrected chi connectivity index (χ4v) is 2.69. The topological polar surface area (TPSA) is 69.6 Å². The molecule has 2 amide bonds. The summed E-state index contributed by atoms with van der Waals surface area (Å²) in [6.45, 7) is 4.09. The third-order valence-electron chi connectivity index (χ3n) is 4.05. The average Bonchev–Trinajstić information content (AvgIpc) is 2.63. The van der Waals surface area contributed by atoms with Crippen molar-refractivity contribution in [3.8, 4) is 0 Å². The fraction of sp³-hybridized carbons (Fsp3) is 0.300. The van der Waals surface area contributed by atoms with E-state index in [1.165, 1.54) is 4.90 Å². The molecular formula is C20H24N2O3. The van der Waals surface area contributed by atoms with Gasteiger partial charge >= 0.3 is 11.8 Å². The summed E-state index contributed by atoms with van der Waals surface area (Å²) in [5.74, 6) is -1.34. The third-order valence-corrected chi connectivity index (χ3v) is 4.05. The molecule has 2 rings (SSSR count). The van der Waals surface area contributed by atoms with E-state index in [0.29, 0.717) is 5.69 Å². The van der Waals surface area contributed by atoms with E-state index < -0.39 is 11.8 Å². The lowest BCUT2D eigenvalue weighted by Gasteiger charge is -2.22. The lowest BCUT2D eigenvalue weighted by molar-refractivity contribution is -0.143. The molecule has 0 fully saturated rings. The molecule has 0 aliphatic rings. The Kier molecular flexibility index (Phi) is 6.71. The van der Waals surface area contributed by atoms with E-state index in [0.717, 1.165) is 23.1 Å². The number of hydrogen-bond donors (Lipinski definition) is 2. The van der Waals surface area contributed by atoms with Crippen LogP contribution in [0.3, 0.4) is 0 Å². The van der Waals surface area contributed by atoms with Gasteiger partial charge in [-0.3, -0.25) is 9.59 Å². The summed E-state index contributed by atoms with van der Waals surface area (Å²) in [7, 11) is 0. The number of hydrogen-bond acceptors (Lipinski definition) is 3. The number of amides is 2. The zero-order valence-corrected chi connectivity index (χ0v) is 14.7. The van der Waals surface area contributed by atoms with Crippen LogP contribution in [0.4, 0.5) is 5.69 Å². The lowest BCUT2D eigenvalue weighted by atomic mass is 10.1. The van der Waals surface area contributed by atoms with Crippen molar-refractivity contribution < 1.29 is 14.7 Å². The van der Waals surface area contributed by atoms with Crippen LogP contribution in [0.25, 0.3) is 0 Å². The van der Waals surface area contributed by atoms with Gasteiger partial charge in [-0.15, -0.1) is 0 Å². The van der Waals surface area contributed by atoms with Crippen molar-refractivity contribution >= 4 is 17.5 Å². The maximum atomic E-state index is 12.6. The highest BCUT2D eigenvalue weighted by Crippen LogP contribution is 2.21. The molecule has 25 heavy (non-hydrogen) atoms. The number of aliphatic hydroxyl groups excluding tert-OH is 1. The number of nitrogens with one attached hydrogen (secondary N) is 1. The van der Waals surface area contributed by atoms with Gasteiger partial charge in [-0.1, -0.05) is 55.5 Å². The molecule has 2 N–H and O–H groups in total. The highest BCUT2D eigenvalue weighted by molar-refractivity contribution is 6.39. The zero-order valence-electron chi connectivity index (χ0n) is 14.7. The van der Waals surface area contributed by atoms with Crippen LogP contribution >= 0.6 is 0 Å². The molecule has 5 heteroatoms. The molecule has 0 aliphatic carbocycles. The van der Waals surface area contributed by atoms with Crippen molar-refractivity contribution in [3.05, 3.63) is 65.2 Å². The molecule has 2 aromatic carbocycles. The van der Waals surface area contributed by atoms with E-state index in [9.17, 15) is 14.7 Å². The Morgan fingerprint density at radius 2 is 1.80 bits per heavy atom. The number of aliphatic hydroxyl groups is 1. The molecule has 0 saturated carbocycles. The molecule has 0 aromatic heterocycles. The molecule has 5 nitrogen and oxygen atoms in total. The van der Waals surface area contributed by atoms with Crippen LogP contribution in [0.2, 0.25) is 0 Å². The van der Waals surface area contributed by atoms with Gasteiger partial charge in [0.1, 0.15) is 0 Å². The van der Waals surface area contributed by atoms with Gasteiger partial charge in [-0.05, 0) is 30.0 Å². The van der Waals surface area contributed by atoms with E-state index in [1.807, 2.05) is 62.4 Å². The Morgan fingerprint density at radius 1 is 1.08 bits per heavy atom. The third kappa shape index (κ3) is 4.90. The molecule has 0 atom stereocenters. The standard InChI is InChI=1S/C20H24N2O3/c1-3-17-11-7-8-15(2)18(17)21-19(24)20(25)22(12-13-23)14-16-9-5-4-6-10-16/h4-11,23H,3,12-14H2,1-2H3,(H,21,24). The SMILES string of the molecule is CCc1cccc(C)c1NC(=O)C(=O)N(CCO)Cc1ccccc1. The molecule has 2 aromatic rings. The number of carbonyl (C=O) groups excluding carboxylic acids is 2. The lowest BCUT2D eigenvalue weighted by Crippen LogP contribution is -2.41. The van der Waals surface area contributed by atoms with Crippen LogP contribution in [0.15, 0.2) is 48.5 Å². The summed E-state index contributed by atoms with van der Waals surface area (Å²) in [4.78, 5) is 26.4. The van der Waals surface area contributed by atoms with Crippen LogP contribution in [0.5, 0.6) is 0 Å².